The maximum atomic E-state index is 11.4. The van der Waals surface area contributed by atoms with Crippen molar-refractivity contribution < 1.29 is 14.3 Å². The van der Waals surface area contributed by atoms with E-state index in [0.29, 0.717) is 26.0 Å². The monoisotopic (exact) mass is 263 g/mol. The number of hydrogen-bond donors (Lipinski definition) is 1. The van der Waals surface area contributed by atoms with Gasteiger partial charge in [0.2, 0.25) is 5.91 Å². The van der Waals surface area contributed by atoms with Crippen LogP contribution < -0.4 is 5.32 Å². The summed E-state index contributed by atoms with van der Waals surface area (Å²) in [4.78, 5) is 22.6. The molecule has 4 nitrogen and oxygen atoms in total. The molecule has 0 aliphatic heterocycles. The third-order valence-corrected chi connectivity index (χ3v) is 2.62. The second-order valence-electron chi connectivity index (χ2n) is 4.36. The zero-order chi connectivity index (χ0) is 14.1. The van der Waals surface area contributed by atoms with Gasteiger partial charge in [-0.25, -0.2) is 0 Å². The minimum Gasteiger partial charge on any atom is -0.461 e. The molecule has 1 amide bonds. The number of likely N-dealkylation sites (N-methyl/N-ethyl adjacent to an activating group) is 1. The predicted octanol–water partition coefficient (Wildman–Crippen LogP) is 2.21. The molecule has 0 aliphatic rings. The largest absolute Gasteiger partial charge is 0.461 e. The number of carbonyl (C=O) groups excluding carboxylic acids is 2. The molecule has 104 valence electrons. The molecule has 1 N–H and O–H groups in total. The summed E-state index contributed by atoms with van der Waals surface area (Å²) in [7, 11) is 0. The Balaban J connectivity index is 2.43. The number of rotatable bonds is 7. The van der Waals surface area contributed by atoms with Gasteiger partial charge < -0.3 is 10.1 Å². The Morgan fingerprint density at radius 2 is 1.74 bits per heavy atom. The predicted molar refractivity (Wildman–Crippen MR) is 73.5 cm³/mol. The standard InChI is InChI=1S/C15H21NO3/c1-3-5-15(18)19-11-13-8-6-12(7-9-13)10-14(17)16-4-2/h6-9H,3-5,10-11H2,1-2H3,(H,16,17). The summed E-state index contributed by atoms with van der Waals surface area (Å²) in [6, 6.07) is 7.54. The molecule has 0 saturated carbocycles. The first-order valence-corrected chi connectivity index (χ1v) is 6.65. The van der Waals surface area contributed by atoms with E-state index in [1.807, 2.05) is 38.1 Å². The van der Waals surface area contributed by atoms with Crippen molar-refractivity contribution in [2.45, 2.75) is 39.7 Å². The summed E-state index contributed by atoms with van der Waals surface area (Å²) in [5, 5.41) is 2.75. The van der Waals surface area contributed by atoms with Crippen molar-refractivity contribution in [1.29, 1.82) is 0 Å². The molecule has 0 spiro atoms. The van der Waals surface area contributed by atoms with Crippen molar-refractivity contribution in [2.75, 3.05) is 6.54 Å². The van der Waals surface area contributed by atoms with Gasteiger partial charge in [0, 0.05) is 13.0 Å². The van der Waals surface area contributed by atoms with Crippen LogP contribution in [0.2, 0.25) is 0 Å². The lowest BCUT2D eigenvalue weighted by molar-refractivity contribution is -0.145. The van der Waals surface area contributed by atoms with E-state index >= 15 is 0 Å². The third kappa shape index (κ3) is 6.04. The van der Waals surface area contributed by atoms with Crippen molar-refractivity contribution in [3.63, 3.8) is 0 Å². The Labute approximate surface area is 114 Å². The number of carbonyl (C=O) groups is 2. The summed E-state index contributed by atoms with van der Waals surface area (Å²) in [5.41, 5.74) is 1.89. The van der Waals surface area contributed by atoms with Crippen LogP contribution in [0.15, 0.2) is 24.3 Å². The van der Waals surface area contributed by atoms with Crippen molar-refractivity contribution in [2.24, 2.45) is 0 Å². The van der Waals surface area contributed by atoms with Gasteiger partial charge in [-0.3, -0.25) is 9.59 Å². The molecular weight excluding hydrogens is 242 g/mol. The number of esters is 1. The van der Waals surface area contributed by atoms with Gasteiger partial charge in [-0.2, -0.15) is 0 Å². The fourth-order valence-corrected chi connectivity index (χ4v) is 1.64. The second-order valence-corrected chi connectivity index (χ2v) is 4.36. The number of amides is 1. The molecule has 1 aromatic rings. The Morgan fingerprint density at radius 1 is 1.11 bits per heavy atom. The van der Waals surface area contributed by atoms with Gasteiger partial charge in [-0.1, -0.05) is 31.2 Å². The summed E-state index contributed by atoms with van der Waals surface area (Å²) < 4.78 is 5.11. The Morgan fingerprint density at radius 3 is 2.32 bits per heavy atom. The molecule has 0 heterocycles. The number of benzene rings is 1. The number of nitrogens with one attached hydrogen (secondary N) is 1. The average Bonchev–Trinajstić information content (AvgIpc) is 2.38. The van der Waals surface area contributed by atoms with Crippen molar-refractivity contribution in [1.82, 2.24) is 5.32 Å². The van der Waals surface area contributed by atoms with Crippen molar-refractivity contribution in [3.05, 3.63) is 35.4 Å². The van der Waals surface area contributed by atoms with Crippen molar-refractivity contribution in [3.8, 4) is 0 Å². The molecule has 0 unspecified atom stereocenters. The maximum absolute atomic E-state index is 11.4. The summed E-state index contributed by atoms with van der Waals surface area (Å²) in [5.74, 6) is -0.154. The van der Waals surface area contributed by atoms with E-state index in [1.54, 1.807) is 0 Å². The van der Waals surface area contributed by atoms with E-state index in [4.69, 9.17) is 4.74 Å². The molecule has 1 aromatic carbocycles. The van der Waals surface area contributed by atoms with Gasteiger partial charge in [0.1, 0.15) is 6.61 Å². The summed E-state index contributed by atoms with van der Waals surface area (Å²) in [6.45, 7) is 4.77. The zero-order valence-electron chi connectivity index (χ0n) is 11.6. The maximum Gasteiger partial charge on any atom is 0.306 e. The van der Waals surface area contributed by atoms with Crippen LogP contribution in [0.1, 0.15) is 37.8 Å². The van der Waals surface area contributed by atoms with E-state index in [9.17, 15) is 9.59 Å². The summed E-state index contributed by atoms with van der Waals surface area (Å²) >= 11 is 0. The first kappa shape index (κ1) is 15.2. The topological polar surface area (TPSA) is 55.4 Å². The molecule has 4 heteroatoms. The first-order valence-electron chi connectivity index (χ1n) is 6.65. The fraction of sp³-hybridized carbons (Fsp3) is 0.467. The molecule has 0 aromatic heterocycles. The summed E-state index contributed by atoms with van der Waals surface area (Å²) in [6.07, 6.45) is 1.63. The van der Waals surface area contributed by atoms with Gasteiger partial charge in [-0.05, 0) is 24.5 Å². The molecule has 0 atom stereocenters. The van der Waals surface area contributed by atoms with Crippen LogP contribution in [-0.4, -0.2) is 18.4 Å². The Bertz CT molecular complexity index is 412. The minimum atomic E-state index is -0.172. The molecular formula is C15H21NO3. The molecule has 0 bridgehead atoms. The molecule has 0 saturated heterocycles. The third-order valence-electron chi connectivity index (χ3n) is 2.62. The van der Waals surface area contributed by atoms with E-state index in [-0.39, 0.29) is 11.9 Å². The second kappa shape index (κ2) is 8.29. The van der Waals surface area contributed by atoms with Gasteiger partial charge in [0.15, 0.2) is 0 Å². The molecule has 19 heavy (non-hydrogen) atoms. The quantitative estimate of drug-likeness (QED) is 0.767. The highest BCUT2D eigenvalue weighted by Gasteiger charge is 2.04. The van der Waals surface area contributed by atoms with Gasteiger partial charge in [-0.15, -0.1) is 0 Å². The molecule has 0 fully saturated rings. The highest BCUT2D eigenvalue weighted by molar-refractivity contribution is 5.78. The number of hydrogen-bond acceptors (Lipinski definition) is 3. The van der Waals surface area contributed by atoms with Crippen molar-refractivity contribution >= 4 is 11.9 Å². The van der Waals surface area contributed by atoms with Crippen LogP contribution in [0.3, 0.4) is 0 Å². The number of ether oxygens (including phenoxy) is 1. The lowest BCUT2D eigenvalue weighted by atomic mass is 10.1. The van der Waals surface area contributed by atoms with E-state index in [0.717, 1.165) is 17.5 Å². The lowest BCUT2D eigenvalue weighted by Crippen LogP contribution is -2.24. The average molecular weight is 263 g/mol. The lowest BCUT2D eigenvalue weighted by Gasteiger charge is -2.06. The highest BCUT2D eigenvalue weighted by Crippen LogP contribution is 2.07. The van der Waals surface area contributed by atoms with Gasteiger partial charge in [0.05, 0.1) is 6.42 Å². The van der Waals surface area contributed by atoms with Crippen LogP contribution in [0, 0.1) is 0 Å². The Hall–Kier alpha value is -1.84. The highest BCUT2D eigenvalue weighted by atomic mass is 16.5. The minimum absolute atomic E-state index is 0.0182. The van der Waals surface area contributed by atoms with E-state index in [1.165, 1.54) is 0 Å². The molecule has 0 radical (unpaired) electrons. The van der Waals surface area contributed by atoms with E-state index < -0.39 is 0 Å². The SMILES string of the molecule is CCCC(=O)OCc1ccc(CC(=O)NCC)cc1. The van der Waals surface area contributed by atoms with Crippen LogP contribution in [0.5, 0.6) is 0 Å². The normalized spacial score (nSPS) is 10.0. The fourth-order valence-electron chi connectivity index (χ4n) is 1.64. The molecule has 0 aliphatic carbocycles. The van der Waals surface area contributed by atoms with Crippen LogP contribution in [-0.2, 0) is 27.4 Å². The van der Waals surface area contributed by atoms with Crippen LogP contribution in [0.25, 0.3) is 0 Å². The van der Waals surface area contributed by atoms with Crippen LogP contribution in [0.4, 0.5) is 0 Å². The smallest absolute Gasteiger partial charge is 0.306 e. The molecule has 1 rings (SSSR count). The van der Waals surface area contributed by atoms with E-state index in [2.05, 4.69) is 5.32 Å². The van der Waals surface area contributed by atoms with Gasteiger partial charge >= 0.3 is 5.97 Å². The Kier molecular flexibility index (Phi) is 6.64. The zero-order valence-corrected chi connectivity index (χ0v) is 11.6. The van der Waals surface area contributed by atoms with Gasteiger partial charge in [0.25, 0.3) is 0 Å². The van der Waals surface area contributed by atoms with Crippen LogP contribution >= 0.6 is 0 Å². The first-order chi connectivity index (χ1) is 9.15.